The van der Waals surface area contributed by atoms with Crippen molar-refractivity contribution >= 4 is 31.9 Å². The van der Waals surface area contributed by atoms with E-state index in [9.17, 15) is 0 Å². The lowest BCUT2D eigenvalue weighted by atomic mass is 10.1. The van der Waals surface area contributed by atoms with Crippen molar-refractivity contribution in [2.75, 3.05) is 0 Å². The summed E-state index contributed by atoms with van der Waals surface area (Å²) in [5.41, 5.74) is 4.45. The van der Waals surface area contributed by atoms with Crippen LogP contribution >= 0.6 is 31.9 Å². The second-order valence-electron chi connectivity index (χ2n) is 3.18. The number of halogens is 2. The van der Waals surface area contributed by atoms with Crippen molar-refractivity contribution in [1.29, 1.82) is 0 Å². The van der Waals surface area contributed by atoms with E-state index >= 15 is 0 Å². The van der Waals surface area contributed by atoms with E-state index in [0.717, 1.165) is 20.2 Å². The third kappa shape index (κ3) is 2.35. The monoisotopic (exact) mass is 345 g/mol. The fraction of sp³-hybridized carbons (Fsp3) is 0.100. The number of hydrogen-bond donors (Lipinski definition) is 2. The van der Waals surface area contributed by atoms with Crippen molar-refractivity contribution in [3.05, 3.63) is 51.1 Å². The van der Waals surface area contributed by atoms with E-state index in [4.69, 9.17) is 10.3 Å². The molecule has 0 aliphatic carbocycles. The Bertz CT molecular complexity index is 473. The molecule has 1 atom stereocenters. The molecule has 2 aromatic rings. The van der Waals surface area contributed by atoms with Crippen molar-refractivity contribution in [2.45, 2.75) is 6.04 Å². The Morgan fingerprint density at radius 3 is 2.81 bits per heavy atom. The number of nitrogens with two attached hydrogens (primary N) is 1. The van der Waals surface area contributed by atoms with Crippen molar-refractivity contribution in [3.63, 3.8) is 0 Å². The maximum absolute atomic E-state index is 5.54. The number of rotatable bonds is 3. The Hall–Kier alpha value is -0.690. The standard InChI is InChI=1S/C10H9Br2N3O/c11-7-3-8(12)10(14-4-7)9(15-13)6-1-2-16-5-6/h1-5,9,15H,13H2. The molecule has 0 aliphatic heterocycles. The molecule has 6 heteroatoms. The highest BCUT2D eigenvalue weighted by molar-refractivity contribution is 9.11. The normalized spacial score (nSPS) is 12.7. The SMILES string of the molecule is NNC(c1ccoc1)c1ncc(Br)cc1Br. The van der Waals surface area contributed by atoms with Crippen LogP contribution in [0.1, 0.15) is 17.3 Å². The summed E-state index contributed by atoms with van der Waals surface area (Å²) in [5.74, 6) is 5.54. The second kappa shape index (κ2) is 5.09. The smallest absolute Gasteiger partial charge is 0.0954 e. The van der Waals surface area contributed by atoms with Crippen LogP contribution in [-0.4, -0.2) is 4.98 Å². The van der Waals surface area contributed by atoms with Crippen LogP contribution in [0.3, 0.4) is 0 Å². The highest BCUT2D eigenvalue weighted by atomic mass is 79.9. The summed E-state index contributed by atoms with van der Waals surface area (Å²) in [5, 5.41) is 0. The van der Waals surface area contributed by atoms with Crippen LogP contribution in [0.2, 0.25) is 0 Å². The van der Waals surface area contributed by atoms with E-state index in [0.29, 0.717) is 0 Å². The van der Waals surface area contributed by atoms with Gasteiger partial charge in [0.25, 0.3) is 0 Å². The zero-order chi connectivity index (χ0) is 11.5. The summed E-state index contributed by atoms with van der Waals surface area (Å²) in [6.45, 7) is 0. The van der Waals surface area contributed by atoms with Crippen molar-refractivity contribution in [1.82, 2.24) is 10.4 Å². The minimum absolute atomic E-state index is 0.193. The van der Waals surface area contributed by atoms with Gasteiger partial charge in [-0.1, -0.05) is 0 Å². The number of hydrazine groups is 1. The number of nitrogens with zero attached hydrogens (tertiary/aromatic N) is 1. The molecule has 3 N–H and O–H groups in total. The average Bonchev–Trinajstić information content (AvgIpc) is 2.75. The van der Waals surface area contributed by atoms with Gasteiger partial charge < -0.3 is 4.42 Å². The zero-order valence-electron chi connectivity index (χ0n) is 8.15. The first kappa shape index (κ1) is 11.8. The van der Waals surface area contributed by atoms with Crippen LogP contribution in [0.5, 0.6) is 0 Å². The molecule has 84 valence electrons. The van der Waals surface area contributed by atoms with Gasteiger partial charge in [0.1, 0.15) is 0 Å². The van der Waals surface area contributed by atoms with Crippen molar-refractivity contribution < 1.29 is 4.42 Å². The molecule has 0 aliphatic rings. The van der Waals surface area contributed by atoms with Gasteiger partial charge in [-0.05, 0) is 44.0 Å². The Morgan fingerprint density at radius 1 is 1.44 bits per heavy atom. The zero-order valence-corrected chi connectivity index (χ0v) is 11.3. The Morgan fingerprint density at radius 2 is 2.25 bits per heavy atom. The van der Waals surface area contributed by atoms with Gasteiger partial charge >= 0.3 is 0 Å². The fourth-order valence-electron chi connectivity index (χ4n) is 1.41. The highest BCUT2D eigenvalue weighted by Gasteiger charge is 2.17. The minimum Gasteiger partial charge on any atom is -0.472 e. The van der Waals surface area contributed by atoms with E-state index < -0.39 is 0 Å². The van der Waals surface area contributed by atoms with Crippen molar-refractivity contribution in [3.8, 4) is 0 Å². The summed E-state index contributed by atoms with van der Waals surface area (Å²) in [6.07, 6.45) is 4.97. The van der Waals surface area contributed by atoms with Crippen LogP contribution in [0.4, 0.5) is 0 Å². The van der Waals surface area contributed by atoms with E-state index in [2.05, 4.69) is 42.3 Å². The number of furan rings is 1. The van der Waals surface area contributed by atoms with Crippen LogP contribution in [0, 0.1) is 0 Å². The van der Waals surface area contributed by atoms with Gasteiger partial charge in [0.15, 0.2) is 0 Å². The van der Waals surface area contributed by atoms with Gasteiger partial charge in [0.05, 0.1) is 24.3 Å². The fourth-order valence-corrected chi connectivity index (χ4v) is 2.63. The number of nitrogens with one attached hydrogen (secondary N) is 1. The highest BCUT2D eigenvalue weighted by Crippen LogP contribution is 2.28. The Labute approximate surface area is 109 Å². The molecule has 1 unspecified atom stereocenters. The summed E-state index contributed by atoms with van der Waals surface area (Å²) in [4.78, 5) is 4.33. The lowest BCUT2D eigenvalue weighted by Gasteiger charge is -2.15. The molecule has 0 radical (unpaired) electrons. The molecule has 0 amide bonds. The summed E-state index contributed by atoms with van der Waals surface area (Å²) >= 11 is 6.81. The maximum atomic E-state index is 5.54. The lowest BCUT2D eigenvalue weighted by molar-refractivity contribution is 0.550. The van der Waals surface area contributed by atoms with Crippen LogP contribution < -0.4 is 11.3 Å². The average molecular weight is 347 g/mol. The van der Waals surface area contributed by atoms with Crippen LogP contribution in [-0.2, 0) is 0 Å². The molecule has 4 nitrogen and oxygen atoms in total. The predicted molar refractivity (Wildman–Crippen MR) is 67.5 cm³/mol. The van der Waals surface area contributed by atoms with E-state index in [1.807, 2.05) is 12.1 Å². The van der Waals surface area contributed by atoms with Gasteiger partial charge in [-0.25, -0.2) is 5.43 Å². The molecule has 0 bridgehead atoms. The molecule has 0 saturated heterocycles. The van der Waals surface area contributed by atoms with Crippen LogP contribution in [0.15, 0.2) is 44.2 Å². The second-order valence-corrected chi connectivity index (χ2v) is 4.95. The van der Waals surface area contributed by atoms with Gasteiger partial charge in [-0.3, -0.25) is 10.8 Å². The molecule has 16 heavy (non-hydrogen) atoms. The van der Waals surface area contributed by atoms with E-state index in [-0.39, 0.29) is 6.04 Å². The van der Waals surface area contributed by atoms with Gasteiger partial charge in [-0.15, -0.1) is 0 Å². The maximum Gasteiger partial charge on any atom is 0.0954 e. The summed E-state index contributed by atoms with van der Waals surface area (Å²) in [7, 11) is 0. The quantitative estimate of drug-likeness (QED) is 0.662. The molecule has 2 rings (SSSR count). The molecule has 0 fully saturated rings. The Kier molecular flexibility index (Phi) is 3.75. The van der Waals surface area contributed by atoms with E-state index in [1.165, 1.54) is 0 Å². The molecule has 2 heterocycles. The van der Waals surface area contributed by atoms with Crippen molar-refractivity contribution in [2.24, 2.45) is 5.84 Å². The minimum atomic E-state index is -0.193. The topological polar surface area (TPSA) is 64.1 Å². The molecule has 0 aromatic carbocycles. The number of pyridine rings is 1. The Balaban J connectivity index is 2.41. The molecule has 2 aromatic heterocycles. The first-order valence-corrected chi connectivity index (χ1v) is 6.10. The molecule has 0 spiro atoms. The van der Waals surface area contributed by atoms with Gasteiger partial charge in [-0.2, -0.15) is 0 Å². The molecule has 0 saturated carbocycles. The van der Waals surface area contributed by atoms with Gasteiger partial charge in [0, 0.05) is 20.7 Å². The predicted octanol–water partition coefficient (Wildman–Crippen LogP) is 2.75. The van der Waals surface area contributed by atoms with E-state index in [1.54, 1.807) is 18.7 Å². The lowest BCUT2D eigenvalue weighted by Crippen LogP contribution is -2.29. The molecular formula is C10H9Br2N3O. The third-order valence-corrected chi connectivity index (χ3v) is 3.22. The van der Waals surface area contributed by atoms with Crippen LogP contribution in [0.25, 0.3) is 0 Å². The molecular weight excluding hydrogens is 338 g/mol. The number of hydrogen-bond acceptors (Lipinski definition) is 4. The summed E-state index contributed by atoms with van der Waals surface area (Å²) in [6, 6.07) is 3.58. The first-order valence-electron chi connectivity index (χ1n) is 4.51. The third-order valence-electron chi connectivity index (χ3n) is 2.15. The largest absolute Gasteiger partial charge is 0.472 e. The first-order chi connectivity index (χ1) is 7.72. The summed E-state index contributed by atoms with van der Waals surface area (Å²) < 4.78 is 6.82. The number of aromatic nitrogens is 1. The van der Waals surface area contributed by atoms with Gasteiger partial charge in [0.2, 0.25) is 0 Å².